The average Bonchev–Trinajstić information content (AvgIpc) is 3.43. The molecule has 8 heteroatoms. The summed E-state index contributed by atoms with van der Waals surface area (Å²) in [5, 5.41) is 4.03. The molecule has 1 saturated carbocycles. The number of aryl methyl sites for hydroxylation is 1. The Balaban J connectivity index is 1.35. The van der Waals surface area contributed by atoms with Gasteiger partial charge in [-0.25, -0.2) is 4.79 Å². The smallest absolute Gasteiger partial charge is 0.328 e. The van der Waals surface area contributed by atoms with Gasteiger partial charge in [0.25, 0.3) is 0 Å². The van der Waals surface area contributed by atoms with Crippen LogP contribution in [0.25, 0.3) is 11.4 Å². The van der Waals surface area contributed by atoms with Crippen molar-refractivity contribution in [3.63, 3.8) is 0 Å². The first kappa shape index (κ1) is 21.3. The number of amides is 1. The van der Waals surface area contributed by atoms with Crippen molar-refractivity contribution in [1.82, 2.24) is 15.0 Å². The SMILES string of the molecule is COC(=O)C1CC2CCCCC2N1C(=O)CCCc1nc(-c2ccc(OC)cc2)no1. The molecule has 8 nitrogen and oxygen atoms in total. The molecule has 2 aromatic rings. The molecule has 2 heterocycles. The highest BCUT2D eigenvalue weighted by atomic mass is 16.5. The molecule has 166 valence electrons. The number of aromatic nitrogens is 2. The highest BCUT2D eigenvalue weighted by Crippen LogP contribution is 2.40. The predicted octanol–water partition coefficient (Wildman–Crippen LogP) is 3.40. The molecule has 1 aliphatic carbocycles. The van der Waals surface area contributed by atoms with Crippen molar-refractivity contribution < 1.29 is 23.6 Å². The van der Waals surface area contributed by atoms with E-state index >= 15 is 0 Å². The maximum atomic E-state index is 13.0. The molecule has 1 aromatic carbocycles. The van der Waals surface area contributed by atoms with Crippen LogP contribution in [0.5, 0.6) is 5.75 Å². The lowest BCUT2D eigenvalue weighted by molar-refractivity contribution is -0.152. The first-order valence-electron chi connectivity index (χ1n) is 11.0. The summed E-state index contributed by atoms with van der Waals surface area (Å²) in [6.07, 6.45) is 6.50. The summed E-state index contributed by atoms with van der Waals surface area (Å²) in [7, 11) is 3.01. The Bertz CT molecular complexity index is 910. The maximum absolute atomic E-state index is 13.0. The summed E-state index contributed by atoms with van der Waals surface area (Å²) >= 11 is 0. The largest absolute Gasteiger partial charge is 0.497 e. The molecule has 0 radical (unpaired) electrons. The van der Waals surface area contributed by atoms with Gasteiger partial charge in [0, 0.05) is 24.4 Å². The zero-order valence-corrected chi connectivity index (χ0v) is 18.1. The molecule has 31 heavy (non-hydrogen) atoms. The van der Waals surface area contributed by atoms with Crippen LogP contribution in [0.4, 0.5) is 0 Å². The number of carbonyl (C=O) groups excluding carboxylic acids is 2. The number of esters is 1. The van der Waals surface area contributed by atoms with Crippen LogP contribution in [0.3, 0.4) is 0 Å². The number of rotatable bonds is 7. The van der Waals surface area contributed by atoms with Gasteiger partial charge < -0.3 is 18.9 Å². The molecule has 3 atom stereocenters. The highest BCUT2D eigenvalue weighted by Gasteiger charge is 2.47. The minimum absolute atomic E-state index is 0.0136. The van der Waals surface area contributed by atoms with E-state index in [9.17, 15) is 9.59 Å². The Morgan fingerprint density at radius 1 is 1.16 bits per heavy atom. The minimum Gasteiger partial charge on any atom is -0.497 e. The van der Waals surface area contributed by atoms with Gasteiger partial charge in [-0.1, -0.05) is 18.0 Å². The topological polar surface area (TPSA) is 94.8 Å². The van der Waals surface area contributed by atoms with Gasteiger partial charge >= 0.3 is 5.97 Å². The molecule has 1 amide bonds. The van der Waals surface area contributed by atoms with Gasteiger partial charge in [0.05, 0.1) is 14.2 Å². The van der Waals surface area contributed by atoms with Crippen LogP contribution in [0.2, 0.25) is 0 Å². The fraction of sp³-hybridized carbons (Fsp3) is 0.565. The van der Waals surface area contributed by atoms with E-state index in [4.69, 9.17) is 14.0 Å². The lowest BCUT2D eigenvalue weighted by Crippen LogP contribution is -2.46. The molecule has 0 N–H and O–H groups in total. The Morgan fingerprint density at radius 3 is 2.68 bits per heavy atom. The summed E-state index contributed by atoms with van der Waals surface area (Å²) < 4.78 is 15.5. The number of hydrogen-bond donors (Lipinski definition) is 0. The summed E-state index contributed by atoms with van der Waals surface area (Å²) in [6, 6.07) is 7.15. The quantitative estimate of drug-likeness (QED) is 0.625. The molecular formula is C23H29N3O5. The van der Waals surface area contributed by atoms with Crippen molar-refractivity contribution in [3.8, 4) is 17.1 Å². The van der Waals surface area contributed by atoms with E-state index in [-0.39, 0.29) is 17.9 Å². The molecule has 2 aliphatic rings. The predicted molar refractivity (Wildman–Crippen MR) is 112 cm³/mol. The van der Waals surface area contributed by atoms with E-state index in [1.807, 2.05) is 29.2 Å². The Labute approximate surface area is 181 Å². The van der Waals surface area contributed by atoms with Crippen LogP contribution in [-0.4, -0.2) is 53.2 Å². The maximum Gasteiger partial charge on any atom is 0.328 e. The lowest BCUT2D eigenvalue weighted by atomic mass is 9.84. The van der Waals surface area contributed by atoms with Crippen LogP contribution < -0.4 is 4.74 Å². The van der Waals surface area contributed by atoms with E-state index in [1.165, 1.54) is 13.5 Å². The van der Waals surface area contributed by atoms with Crippen molar-refractivity contribution >= 4 is 11.9 Å². The van der Waals surface area contributed by atoms with E-state index in [0.29, 0.717) is 36.9 Å². The van der Waals surface area contributed by atoms with Gasteiger partial charge in [-0.3, -0.25) is 4.79 Å². The highest BCUT2D eigenvalue weighted by molar-refractivity contribution is 5.85. The van der Waals surface area contributed by atoms with E-state index < -0.39 is 6.04 Å². The molecule has 0 bridgehead atoms. The fourth-order valence-corrected chi connectivity index (χ4v) is 4.90. The monoisotopic (exact) mass is 427 g/mol. The first-order valence-corrected chi connectivity index (χ1v) is 11.0. The van der Waals surface area contributed by atoms with Crippen molar-refractivity contribution in [1.29, 1.82) is 0 Å². The van der Waals surface area contributed by atoms with Gasteiger partial charge in [0.1, 0.15) is 11.8 Å². The fourth-order valence-electron chi connectivity index (χ4n) is 4.90. The Hall–Kier alpha value is -2.90. The van der Waals surface area contributed by atoms with Crippen molar-refractivity contribution in [3.05, 3.63) is 30.2 Å². The number of methoxy groups -OCH3 is 2. The first-order chi connectivity index (χ1) is 15.1. The van der Waals surface area contributed by atoms with Gasteiger partial charge in [-0.2, -0.15) is 4.98 Å². The lowest BCUT2D eigenvalue weighted by Gasteiger charge is -2.33. The third kappa shape index (κ3) is 4.57. The summed E-state index contributed by atoms with van der Waals surface area (Å²) in [5.41, 5.74) is 0.841. The normalized spacial score (nSPS) is 22.8. The molecule has 4 rings (SSSR count). The van der Waals surface area contributed by atoms with Gasteiger partial charge in [0.2, 0.25) is 17.6 Å². The number of hydrogen-bond acceptors (Lipinski definition) is 7. The minimum atomic E-state index is -0.448. The van der Waals surface area contributed by atoms with E-state index in [1.54, 1.807) is 7.11 Å². The Morgan fingerprint density at radius 2 is 1.94 bits per heavy atom. The Kier molecular flexibility index (Phi) is 6.53. The van der Waals surface area contributed by atoms with Crippen LogP contribution in [-0.2, 0) is 20.7 Å². The molecule has 1 aliphatic heterocycles. The molecular weight excluding hydrogens is 398 g/mol. The number of likely N-dealkylation sites (tertiary alicyclic amines) is 1. The number of nitrogens with zero attached hydrogens (tertiary/aromatic N) is 3. The zero-order chi connectivity index (χ0) is 21.8. The van der Waals surface area contributed by atoms with Crippen molar-refractivity contribution in [2.24, 2.45) is 5.92 Å². The van der Waals surface area contributed by atoms with Crippen LogP contribution in [0, 0.1) is 5.92 Å². The third-order valence-electron chi connectivity index (χ3n) is 6.45. The molecule has 2 fully saturated rings. The van der Waals surface area contributed by atoms with Crippen LogP contribution in [0.15, 0.2) is 28.8 Å². The summed E-state index contributed by atoms with van der Waals surface area (Å²) in [6.45, 7) is 0. The van der Waals surface area contributed by atoms with Crippen molar-refractivity contribution in [2.75, 3.05) is 14.2 Å². The second-order valence-electron chi connectivity index (χ2n) is 8.28. The number of benzene rings is 1. The second kappa shape index (κ2) is 9.49. The van der Waals surface area contributed by atoms with Gasteiger partial charge in [-0.05, 0) is 55.9 Å². The van der Waals surface area contributed by atoms with Crippen LogP contribution in [0.1, 0.15) is 50.8 Å². The molecule has 1 saturated heterocycles. The number of carbonyl (C=O) groups is 2. The van der Waals surface area contributed by atoms with E-state index in [2.05, 4.69) is 10.1 Å². The van der Waals surface area contributed by atoms with Crippen molar-refractivity contribution in [2.45, 2.75) is 63.5 Å². The second-order valence-corrected chi connectivity index (χ2v) is 8.28. The number of ether oxygens (including phenoxy) is 2. The van der Waals surface area contributed by atoms with Crippen LogP contribution >= 0.6 is 0 Å². The van der Waals surface area contributed by atoms with E-state index in [0.717, 1.165) is 37.0 Å². The number of fused-ring (bicyclic) bond motifs is 1. The van der Waals surface area contributed by atoms with Gasteiger partial charge in [0.15, 0.2) is 0 Å². The standard InChI is InChI=1S/C23H29N3O5/c1-29-17-12-10-15(11-13-17)22-24-20(31-25-22)8-5-9-21(27)26-18-7-4-3-6-16(18)14-19(26)23(28)30-2/h10-13,16,18-19H,3-9,14H2,1-2H3. The zero-order valence-electron chi connectivity index (χ0n) is 18.1. The van der Waals surface area contributed by atoms with Gasteiger partial charge in [-0.15, -0.1) is 0 Å². The third-order valence-corrected chi connectivity index (χ3v) is 6.45. The summed E-state index contributed by atoms with van der Waals surface area (Å²) in [5.74, 6) is 1.89. The molecule has 1 aromatic heterocycles. The molecule has 0 spiro atoms. The summed E-state index contributed by atoms with van der Waals surface area (Å²) in [4.78, 5) is 31.6. The average molecular weight is 428 g/mol. The molecule has 3 unspecified atom stereocenters.